The maximum absolute atomic E-state index is 13.3. The van der Waals surface area contributed by atoms with Crippen molar-refractivity contribution in [1.29, 1.82) is 0 Å². The second-order valence-electron chi connectivity index (χ2n) is 3.51. The van der Waals surface area contributed by atoms with Crippen LogP contribution in [0.15, 0.2) is 18.2 Å². The Labute approximate surface area is 105 Å². The number of nitrogens with one attached hydrogen (secondary N) is 1. The summed E-state index contributed by atoms with van der Waals surface area (Å²) in [5.74, 6) is -0.797. The van der Waals surface area contributed by atoms with Gasteiger partial charge in [0.05, 0.1) is 10.8 Å². The van der Waals surface area contributed by atoms with Crippen LogP contribution in [-0.2, 0) is 10.0 Å². The first-order valence-electron chi connectivity index (χ1n) is 5.11. The van der Waals surface area contributed by atoms with Crippen molar-refractivity contribution in [3.8, 4) is 0 Å². The van der Waals surface area contributed by atoms with Gasteiger partial charge in [0, 0.05) is 0 Å². The maximum Gasteiger partial charge on any atom is 0.232 e. The van der Waals surface area contributed by atoms with E-state index in [0.717, 1.165) is 6.07 Å². The van der Waals surface area contributed by atoms with Crippen molar-refractivity contribution in [1.82, 2.24) is 0 Å². The van der Waals surface area contributed by atoms with Crippen molar-refractivity contribution < 1.29 is 12.8 Å². The molecule has 0 aliphatic carbocycles. The summed E-state index contributed by atoms with van der Waals surface area (Å²) in [4.78, 5) is 0. The molecule has 0 aliphatic rings. The largest absolute Gasteiger partial charge is 0.330 e. The molecule has 1 aromatic carbocycles. The van der Waals surface area contributed by atoms with Crippen LogP contribution in [0.25, 0.3) is 0 Å². The lowest BCUT2D eigenvalue weighted by Crippen LogP contribution is -2.18. The summed E-state index contributed by atoms with van der Waals surface area (Å²) in [7, 11) is -3.58. The SMILES string of the molecule is NCCCCS(=O)(=O)Nc1c(F)cccc1Cl. The number of rotatable bonds is 6. The Morgan fingerprint density at radius 1 is 1.35 bits per heavy atom. The van der Waals surface area contributed by atoms with Crippen molar-refractivity contribution in [2.75, 3.05) is 17.0 Å². The summed E-state index contributed by atoms with van der Waals surface area (Å²) >= 11 is 5.71. The van der Waals surface area contributed by atoms with Crippen molar-refractivity contribution in [3.05, 3.63) is 29.0 Å². The molecule has 1 aromatic rings. The smallest absolute Gasteiger partial charge is 0.232 e. The van der Waals surface area contributed by atoms with Gasteiger partial charge in [-0.05, 0) is 31.5 Å². The van der Waals surface area contributed by atoms with Gasteiger partial charge in [0.2, 0.25) is 10.0 Å². The molecule has 0 unspecified atom stereocenters. The zero-order valence-electron chi connectivity index (χ0n) is 9.12. The highest BCUT2D eigenvalue weighted by Gasteiger charge is 2.15. The zero-order chi connectivity index (χ0) is 12.9. The molecule has 96 valence electrons. The third-order valence-electron chi connectivity index (χ3n) is 2.09. The highest BCUT2D eigenvalue weighted by Crippen LogP contribution is 2.25. The first-order valence-corrected chi connectivity index (χ1v) is 7.14. The standard InChI is InChI=1S/C10H14ClFN2O2S/c11-8-4-3-5-9(12)10(8)14-17(15,16)7-2-1-6-13/h3-5,14H,1-2,6-7,13H2. The van der Waals surface area contributed by atoms with Crippen molar-refractivity contribution in [3.63, 3.8) is 0 Å². The fourth-order valence-corrected chi connectivity index (χ4v) is 2.71. The molecule has 0 atom stereocenters. The Morgan fingerprint density at radius 3 is 2.65 bits per heavy atom. The number of nitrogens with two attached hydrogens (primary N) is 1. The zero-order valence-corrected chi connectivity index (χ0v) is 10.7. The van der Waals surface area contributed by atoms with Gasteiger partial charge in [-0.2, -0.15) is 0 Å². The van der Waals surface area contributed by atoms with Crippen LogP contribution < -0.4 is 10.5 Å². The molecule has 0 heterocycles. The Morgan fingerprint density at radius 2 is 2.06 bits per heavy atom. The summed E-state index contributed by atoms with van der Waals surface area (Å²) in [6, 6.07) is 3.97. The van der Waals surface area contributed by atoms with Gasteiger partial charge in [0.1, 0.15) is 11.5 Å². The molecule has 0 saturated heterocycles. The molecule has 0 bridgehead atoms. The molecule has 0 amide bonds. The van der Waals surface area contributed by atoms with Gasteiger partial charge in [0.15, 0.2) is 0 Å². The fraction of sp³-hybridized carbons (Fsp3) is 0.400. The summed E-state index contributed by atoms with van der Waals surface area (Å²) in [5.41, 5.74) is 5.06. The van der Waals surface area contributed by atoms with E-state index >= 15 is 0 Å². The first kappa shape index (κ1) is 14.2. The van der Waals surface area contributed by atoms with Gasteiger partial charge >= 0.3 is 0 Å². The van der Waals surface area contributed by atoms with E-state index in [9.17, 15) is 12.8 Å². The Balaban J connectivity index is 2.76. The van der Waals surface area contributed by atoms with E-state index in [0.29, 0.717) is 19.4 Å². The van der Waals surface area contributed by atoms with Gasteiger partial charge in [-0.15, -0.1) is 0 Å². The summed E-state index contributed by atoms with van der Waals surface area (Å²) in [6.45, 7) is 0.427. The number of hydrogen-bond donors (Lipinski definition) is 2. The van der Waals surface area contributed by atoms with Crippen molar-refractivity contribution in [2.24, 2.45) is 5.73 Å². The van der Waals surface area contributed by atoms with E-state index in [1.165, 1.54) is 12.1 Å². The number of unbranched alkanes of at least 4 members (excludes halogenated alkanes) is 1. The number of hydrogen-bond acceptors (Lipinski definition) is 3. The fourth-order valence-electron chi connectivity index (χ4n) is 1.24. The molecule has 0 fully saturated rings. The average molecular weight is 281 g/mol. The van der Waals surface area contributed by atoms with Crippen LogP contribution in [0.3, 0.4) is 0 Å². The van der Waals surface area contributed by atoms with Crippen LogP contribution in [0.4, 0.5) is 10.1 Å². The molecular formula is C10H14ClFN2O2S. The quantitative estimate of drug-likeness (QED) is 0.783. The van der Waals surface area contributed by atoms with Gasteiger partial charge in [-0.1, -0.05) is 17.7 Å². The van der Waals surface area contributed by atoms with Crippen LogP contribution in [0.1, 0.15) is 12.8 Å². The number of benzene rings is 1. The molecule has 17 heavy (non-hydrogen) atoms. The van der Waals surface area contributed by atoms with Crippen LogP contribution in [0, 0.1) is 5.82 Å². The predicted molar refractivity (Wildman–Crippen MR) is 67.1 cm³/mol. The van der Waals surface area contributed by atoms with Gasteiger partial charge in [-0.3, -0.25) is 4.72 Å². The third-order valence-corrected chi connectivity index (χ3v) is 3.74. The van der Waals surface area contributed by atoms with Gasteiger partial charge in [-0.25, -0.2) is 12.8 Å². The minimum absolute atomic E-state index is 0.0346. The minimum atomic E-state index is -3.58. The minimum Gasteiger partial charge on any atom is -0.330 e. The predicted octanol–water partition coefficient (Wildman–Crippen LogP) is 1.96. The molecule has 7 heteroatoms. The third kappa shape index (κ3) is 4.49. The summed E-state index contributed by atoms with van der Waals surface area (Å²) in [5, 5.41) is 0.0346. The van der Waals surface area contributed by atoms with E-state index in [4.69, 9.17) is 17.3 Å². The number of para-hydroxylation sites is 1. The number of halogens is 2. The Hall–Kier alpha value is -0.850. The molecule has 3 N–H and O–H groups in total. The lowest BCUT2D eigenvalue weighted by Gasteiger charge is -2.09. The van der Waals surface area contributed by atoms with E-state index in [1.807, 2.05) is 0 Å². The number of sulfonamides is 1. The molecule has 0 spiro atoms. The maximum atomic E-state index is 13.3. The monoisotopic (exact) mass is 280 g/mol. The van der Waals surface area contributed by atoms with Gasteiger partial charge < -0.3 is 5.73 Å². The molecule has 0 aliphatic heterocycles. The second kappa shape index (κ2) is 6.18. The highest BCUT2D eigenvalue weighted by molar-refractivity contribution is 7.92. The van der Waals surface area contributed by atoms with Crippen molar-refractivity contribution >= 4 is 27.3 Å². The molecule has 0 radical (unpaired) electrons. The van der Waals surface area contributed by atoms with Crippen molar-refractivity contribution in [2.45, 2.75) is 12.8 Å². The van der Waals surface area contributed by atoms with Gasteiger partial charge in [0.25, 0.3) is 0 Å². The van der Waals surface area contributed by atoms with E-state index in [-0.39, 0.29) is 16.5 Å². The highest BCUT2D eigenvalue weighted by atomic mass is 35.5. The molecule has 1 rings (SSSR count). The lowest BCUT2D eigenvalue weighted by molar-refractivity contribution is 0.594. The first-order chi connectivity index (χ1) is 7.96. The molecule has 0 aromatic heterocycles. The molecular weight excluding hydrogens is 267 g/mol. The van der Waals surface area contributed by atoms with Crippen LogP contribution in [0.2, 0.25) is 5.02 Å². The lowest BCUT2D eigenvalue weighted by atomic mass is 10.3. The number of anilines is 1. The Kier molecular flexibility index (Phi) is 5.17. The van der Waals surface area contributed by atoms with Crippen LogP contribution >= 0.6 is 11.6 Å². The van der Waals surface area contributed by atoms with E-state index in [2.05, 4.69) is 4.72 Å². The summed E-state index contributed by atoms with van der Waals surface area (Å²) in [6.07, 6.45) is 1.03. The average Bonchev–Trinajstić information content (AvgIpc) is 2.24. The Bertz CT molecular complexity index is 459. The normalized spacial score (nSPS) is 11.5. The molecule has 4 nitrogen and oxygen atoms in total. The topological polar surface area (TPSA) is 72.2 Å². The van der Waals surface area contributed by atoms with E-state index in [1.54, 1.807) is 0 Å². The molecule has 0 saturated carbocycles. The van der Waals surface area contributed by atoms with Crippen LogP contribution in [-0.4, -0.2) is 20.7 Å². The summed E-state index contributed by atoms with van der Waals surface area (Å²) < 4.78 is 38.7. The van der Waals surface area contributed by atoms with Crippen LogP contribution in [0.5, 0.6) is 0 Å². The van der Waals surface area contributed by atoms with E-state index < -0.39 is 15.8 Å². The second-order valence-corrected chi connectivity index (χ2v) is 5.76.